The van der Waals surface area contributed by atoms with E-state index >= 15 is 0 Å². The summed E-state index contributed by atoms with van der Waals surface area (Å²) in [5, 5.41) is 4.85. The molecule has 0 fully saturated rings. The molecule has 6 heteroatoms. The van der Waals surface area contributed by atoms with Gasteiger partial charge in [-0.2, -0.15) is 5.10 Å². The normalized spacial score (nSPS) is 10.2. The van der Waals surface area contributed by atoms with Gasteiger partial charge in [-0.3, -0.25) is 4.98 Å². The van der Waals surface area contributed by atoms with Crippen LogP contribution in [-0.4, -0.2) is 19.7 Å². The van der Waals surface area contributed by atoms with Crippen molar-refractivity contribution in [3.63, 3.8) is 0 Å². The lowest BCUT2D eigenvalue weighted by Crippen LogP contribution is -1.93. The Bertz CT molecular complexity index is 636. The summed E-state index contributed by atoms with van der Waals surface area (Å²) < 4.78 is 1.74. The Morgan fingerprint density at radius 2 is 2.00 bits per heavy atom. The third-order valence-corrected chi connectivity index (χ3v) is 2.45. The smallest absolute Gasteiger partial charge is 0.129 e. The molecule has 0 aromatic carbocycles. The van der Waals surface area contributed by atoms with Crippen LogP contribution in [-0.2, 0) is 0 Å². The van der Waals surface area contributed by atoms with Crippen LogP contribution >= 0.6 is 24.0 Å². The van der Waals surface area contributed by atoms with Crippen molar-refractivity contribution in [2.75, 3.05) is 0 Å². The molecule has 0 saturated carbocycles. The summed E-state index contributed by atoms with van der Waals surface area (Å²) in [6.45, 7) is 0. The zero-order chi connectivity index (χ0) is 11.0. The quantitative estimate of drug-likeness (QED) is 0.637. The predicted octanol–water partition coefficient (Wildman–Crippen LogP) is 2.89. The van der Waals surface area contributed by atoms with Crippen LogP contribution in [0.15, 0.2) is 42.9 Å². The van der Waals surface area contributed by atoms with E-state index in [0.29, 0.717) is 5.15 Å². The van der Waals surface area contributed by atoms with Gasteiger partial charge in [0, 0.05) is 6.20 Å². The molecule has 0 amide bonds. The van der Waals surface area contributed by atoms with E-state index < -0.39 is 0 Å². The predicted molar refractivity (Wildman–Crippen MR) is 68.9 cm³/mol. The first-order chi connectivity index (χ1) is 7.83. The molecule has 3 aromatic rings. The first kappa shape index (κ1) is 11.8. The molecule has 3 aromatic heterocycles. The van der Waals surface area contributed by atoms with Gasteiger partial charge in [-0.1, -0.05) is 11.6 Å². The number of hydrogen-bond donors (Lipinski definition) is 0. The Morgan fingerprint density at radius 3 is 2.76 bits per heavy atom. The van der Waals surface area contributed by atoms with E-state index in [1.54, 1.807) is 23.1 Å². The van der Waals surface area contributed by atoms with E-state index in [-0.39, 0.29) is 12.4 Å². The van der Waals surface area contributed by atoms with Gasteiger partial charge in [0.15, 0.2) is 0 Å². The van der Waals surface area contributed by atoms with Crippen LogP contribution in [0.2, 0.25) is 5.15 Å². The molecule has 0 bridgehead atoms. The molecule has 3 heterocycles. The Hall–Kier alpha value is -1.65. The number of pyridine rings is 2. The summed E-state index contributed by atoms with van der Waals surface area (Å²) in [6.07, 6.45) is 5.30. The summed E-state index contributed by atoms with van der Waals surface area (Å²) >= 11 is 5.81. The van der Waals surface area contributed by atoms with Crippen LogP contribution in [0.5, 0.6) is 0 Å². The van der Waals surface area contributed by atoms with E-state index in [1.165, 1.54) is 0 Å². The van der Waals surface area contributed by atoms with E-state index in [0.717, 1.165) is 16.7 Å². The fraction of sp³-hybridized carbons (Fsp3) is 0. The minimum atomic E-state index is 0. The number of rotatable bonds is 1. The molecule has 0 unspecified atom stereocenters. The largest absolute Gasteiger partial charge is 0.262 e. The van der Waals surface area contributed by atoms with Gasteiger partial charge in [0.05, 0.1) is 18.1 Å². The first-order valence-corrected chi connectivity index (χ1v) is 5.13. The summed E-state index contributed by atoms with van der Waals surface area (Å²) in [7, 11) is 0. The molecule has 0 aliphatic rings. The van der Waals surface area contributed by atoms with Gasteiger partial charge in [0.25, 0.3) is 0 Å². The molecule has 86 valence electrons. The molecular formula is C11H8Cl2N4. The standard InChI is InChI=1S/C11H7ClN4.ClH/c12-11-4-3-9-10(14-11)7-16(15-9)8-2-1-5-13-6-8;/h1-7H;1H. The fourth-order valence-corrected chi connectivity index (χ4v) is 1.66. The van der Waals surface area contributed by atoms with Crippen LogP contribution in [0.25, 0.3) is 16.7 Å². The zero-order valence-corrected chi connectivity index (χ0v) is 10.2. The lowest BCUT2D eigenvalue weighted by molar-refractivity contribution is 0.889. The van der Waals surface area contributed by atoms with E-state index in [2.05, 4.69) is 15.1 Å². The average Bonchev–Trinajstić information content (AvgIpc) is 2.73. The molecular weight excluding hydrogens is 259 g/mol. The summed E-state index contributed by atoms with van der Waals surface area (Å²) in [6, 6.07) is 7.37. The molecule has 0 N–H and O–H groups in total. The van der Waals surface area contributed by atoms with Crippen molar-refractivity contribution in [2.45, 2.75) is 0 Å². The number of fused-ring (bicyclic) bond motifs is 1. The molecule has 0 radical (unpaired) electrons. The van der Waals surface area contributed by atoms with Gasteiger partial charge >= 0.3 is 0 Å². The maximum absolute atomic E-state index is 5.81. The Kier molecular flexibility index (Phi) is 3.26. The van der Waals surface area contributed by atoms with Crippen LogP contribution < -0.4 is 0 Å². The summed E-state index contributed by atoms with van der Waals surface area (Å²) in [5.74, 6) is 0. The molecule has 0 aliphatic heterocycles. The van der Waals surface area contributed by atoms with Gasteiger partial charge in [-0.15, -0.1) is 12.4 Å². The van der Waals surface area contributed by atoms with E-state index in [4.69, 9.17) is 11.6 Å². The van der Waals surface area contributed by atoms with Gasteiger partial charge in [0.2, 0.25) is 0 Å². The van der Waals surface area contributed by atoms with Gasteiger partial charge in [-0.25, -0.2) is 9.67 Å². The monoisotopic (exact) mass is 266 g/mol. The minimum Gasteiger partial charge on any atom is -0.262 e. The van der Waals surface area contributed by atoms with Gasteiger partial charge < -0.3 is 0 Å². The van der Waals surface area contributed by atoms with Crippen LogP contribution in [0.3, 0.4) is 0 Å². The second-order valence-corrected chi connectivity index (χ2v) is 3.71. The third kappa shape index (κ3) is 2.23. The van der Waals surface area contributed by atoms with Crippen LogP contribution in [0.1, 0.15) is 0 Å². The lowest BCUT2D eigenvalue weighted by atomic mass is 10.4. The average molecular weight is 267 g/mol. The van der Waals surface area contributed by atoms with Crippen molar-refractivity contribution in [3.8, 4) is 5.69 Å². The van der Waals surface area contributed by atoms with Crippen LogP contribution in [0.4, 0.5) is 0 Å². The number of hydrogen-bond acceptors (Lipinski definition) is 3. The van der Waals surface area contributed by atoms with Crippen molar-refractivity contribution in [1.82, 2.24) is 19.7 Å². The molecule has 4 nitrogen and oxygen atoms in total. The number of aromatic nitrogens is 4. The van der Waals surface area contributed by atoms with Crippen molar-refractivity contribution >= 4 is 35.0 Å². The molecule has 0 saturated heterocycles. The number of halogens is 2. The van der Waals surface area contributed by atoms with Crippen molar-refractivity contribution in [2.24, 2.45) is 0 Å². The fourth-order valence-electron chi connectivity index (χ4n) is 1.50. The van der Waals surface area contributed by atoms with Crippen molar-refractivity contribution in [1.29, 1.82) is 0 Å². The van der Waals surface area contributed by atoms with Crippen LogP contribution in [0, 0.1) is 0 Å². The maximum Gasteiger partial charge on any atom is 0.129 e. The molecule has 0 atom stereocenters. The van der Waals surface area contributed by atoms with Crippen molar-refractivity contribution in [3.05, 3.63) is 48.0 Å². The lowest BCUT2D eigenvalue weighted by Gasteiger charge is -1.97. The minimum absolute atomic E-state index is 0. The SMILES string of the molecule is Cl.Clc1ccc2nn(-c3cccnc3)cc2n1. The molecule has 0 aliphatic carbocycles. The first-order valence-electron chi connectivity index (χ1n) is 4.75. The highest BCUT2D eigenvalue weighted by Gasteiger charge is 2.03. The Balaban J connectivity index is 0.00000108. The van der Waals surface area contributed by atoms with E-state index in [1.807, 2.05) is 24.4 Å². The summed E-state index contributed by atoms with van der Waals surface area (Å²) in [4.78, 5) is 8.22. The van der Waals surface area contributed by atoms with Gasteiger partial charge in [0.1, 0.15) is 16.2 Å². The van der Waals surface area contributed by atoms with Crippen molar-refractivity contribution < 1.29 is 0 Å². The highest BCUT2D eigenvalue weighted by molar-refractivity contribution is 6.29. The van der Waals surface area contributed by atoms with Gasteiger partial charge in [-0.05, 0) is 24.3 Å². The number of nitrogens with zero attached hydrogens (tertiary/aromatic N) is 4. The third-order valence-electron chi connectivity index (χ3n) is 2.24. The maximum atomic E-state index is 5.81. The Morgan fingerprint density at radius 1 is 1.12 bits per heavy atom. The molecule has 17 heavy (non-hydrogen) atoms. The second kappa shape index (κ2) is 4.69. The highest BCUT2D eigenvalue weighted by atomic mass is 35.5. The Labute approximate surface area is 109 Å². The topological polar surface area (TPSA) is 43.6 Å². The summed E-state index contributed by atoms with van der Waals surface area (Å²) in [5.41, 5.74) is 2.49. The highest BCUT2D eigenvalue weighted by Crippen LogP contribution is 2.15. The second-order valence-electron chi connectivity index (χ2n) is 3.32. The molecule has 0 spiro atoms. The van der Waals surface area contributed by atoms with E-state index in [9.17, 15) is 0 Å². The zero-order valence-electron chi connectivity index (χ0n) is 8.62. The molecule has 3 rings (SSSR count).